The van der Waals surface area contributed by atoms with Crippen LogP contribution in [0.4, 0.5) is 0 Å². The van der Waals surface area contributed by atoms with Crippen molar-refractivity contribution in [3.05, 3.63) is 0 Å². The Balaban J connectivity index is 2.34. The van der Waals surface area contributed by atoms with Crippen molar-refractivity contribution >= 4 is 12.2 Å². The first-order valence-electron chi connectivity index (χ1n) is 6.22. The van der Waals surface area contributed by atoms with Crippen molar-refractivity contribution in [2.75, 3.05) is 13.1 Å². The van der Waals surface area contributed by atoms with Gasteiger partial charge in [0.1, 0.15) is 6.29 Å². The van der Waals surface area contributed by atoms with Crippen LogP contribution in [0.3, 0.4) is 0 Å². The SMILES string of the molecule is NC(=O)C(CCCCC=O)N1CCCCC1. The lowest BCUT2D eigenvalue weighted by Gasteiger charge is -2.32. The summed E-state index contributed by atoms with van der Waals surface area (Å²) in [7, 11) is 0. The number of carbonyl (C=O) groups is 2. The van der Waals surface area contributed by atoms with Crippen LogP contribution in [-0.2, 0) is 9.59 Å². The van der Waals surface area contributed by atoms with E-state index in [9.17, 15) is 9.59 Å². The van der Waals surface area contributed by atoms with Gasteiger partial charge in [-0.05, 0) is 38.8 Å². The Morgan fingerprint density at radius 2 is 1.94 bits per heavy atom. The van der Waals surface area contributed by atoms with E-state index in [1.165, 1.54) is 6.42 Å². The van der Waals surface area contributed by atoms with Crippen molar-refractivity contribution in [1.82, 2.24) is 4.90 Å². The zero-order chi connectivity index (χ0) is 11.8. The highest BCUT2D eigenvalue weighted by molar-refractivity contribution is 5.79. The first kappa shape index (κ1) is 13.2. The summed E-state index contributed by atoms with van der Waals surface area (Å²) in [4.78, 5) is 23.8. The molecule has 0 aromatic carbocycles. The second-order valence-corrected chi connectivity index (χ2v) is 4.47. The minimum absolute atomic E-state index is 0.119. The maximum atomic E-state index is 11.4. The molecular weight excluding hydrogens is 204 g/mol. The van der Waals surface area contributed by atoms with Crippen LogP contribution in [0.25, 0.3) is 0 Å². The lowest BCUT2D eigenvalue weighted by atomic mass is 10.0. The smallest absolute Gasteiger partial charge is 0.234 e. The maximum Gasteiger partial charge on any atom is 0.234 e. The number of carbonyl (C=O) groups excluding carboxylic acids is 2. The highest BCUT2D eigenvalue weighted by Crippen LogP contribution is 2.16. The standard InChI is InChI=1S/C12H22N2O2/c13-12(16)11(7-3-1-6-10-15)14-8-4-2-5-9-14/h10-11H,1-9H2,(H2,13,16). The fraction of sp³-hybridized carbons (Fsp3) is 0.833. The number of nitrogens with zero attached hydrogens (tertiary/aromatic N) is 1. The van der Waals surface area contributed by atoms with E-state index in [4.69, 9.17) is 5.73 Å². The summed E-state index contributed by atoms with van der Waals surface area (Å²) < 4.78 is 0. The van der Waals surface area contributed by atoms with Crippen LogP contribution in [0, 0.1) is 0 Å². The number of nitrogens with two attached hydrogens (primary N) is 1. The summed E-state index contributed by atoms with van der Waals surface area (Å²) in [6.07, 6.45) is 7.67. The van der Waals surface area contributed by atoms with Crippen LogP contribution in [-0.4, -0.2) is 36.2 Å². The molecule has 0 aliphatic carbocycles. The van der Waals surface area contributed by atoms with Gasteiger partial charge in [0.25, 0.3) is 0 Å². The molecule has 1 unspecified atom stereocenters. The molecule has 4 nitrogen and oxygen atoms in total. The highest BCUT2D eigenvalue weighted by Gasteiger charge is 2.24. The van der Waals surface area contributed by atoms with E-state index >= 15 is 0 Å². The van der Waals surface area contributed by atoms with Gasteiger partial charge in [0.2, 0.25) is 5.91 Å². The van der Waals surface area contributed by atoms with E-state index in [2.05, 4.69) is 4.90 Å². The third-order valence-electron chi connectivity index (χ3n) is 3.21. The Bertz CT molecular complexity index is 225. The molecule has 0 aromatic heterocycles. The zero-order valence-corrected chi connectivity index (χ0v) is 9.86. The molecule has 1 aliphatic rings. The molecule has 1 amide bonds. The summed E-state index contributed by atoms with van der Waals surface area (Å²) in [6.45, 7) is 1.97. The summed E-state index contributed by atoms with van der Waals surface area (Å²) in [5, 5.41) is 0. The fourth-order valence-corrected chi connectivity index (χ4v) is 2.30. The van der Waals surface area contributed by atoms with Crippen LogP contribution in [0.2, 0.25) is 0 Å². The number of rotatable bonds is 7. The molecule has 1 saturated heterocycles. The van der Waals surface area contributed by atoms with Crippen molar-refractivity contribution < 1.29 is 9.59 Å². The normalized spacial score (nSPS) is 19.2. The molecule has 0 bridgehead atoms. The Morgan fingerprint density at radius 3 is 2.50 bits per heavy atom. The molecule has 0 radical (unpaired) electrons. The van der Waals surface area contributed by atoms with Crippen LogP contribution in [0.15, 0.2) is 0 Å². The summed E-state index contributed by atoms with van der Waals surface area (Å²) in [5.41, 5.74) is 5.43. The Morgan fingerprint density at radius 1 is 1.25 bits per heavy atom. The number of primary amides is 1. The molecule has 2 N–H and O–H groups in total. The van der Waals surface area contributed by atoms with Gasteiger partial charge in [-0.2, -0.15) is 0 Å². The largest absolute Gasteiger partial charge is 0.368 e. The third kappa shape index (κ3) is 4.31. The number of unbranched alkanes of at least 4 members (excludes halogenated alkanes) is 2. The topological polar surface area (TPSA) is 63.4 Å². The number of aldehydes is 1. The van der Waals surface area contributed by atoms with Gasteiger partial charge in [0.05, 0.1) is 6.04 Å². The van der Waals surface area contributed by atoms with Gasteiger partial charge in [0.15, 0.2) is 0 Å². The quantitative estimate of drug-likeness (QED) is 0.522. The van der Waals surface area contributed by atoms with E-state index in [1.807, 2.05) is 0 Å². The molecule has 1 aliphatic heterocycles. The number of likely N-dealkylation sites (tertiary alicyclic amines) is 1. The molecule has 0 saturated carbocycles. The number of hydrogen-bond acceptors (Lipinski definition) is 3. The van der Waals surface area contributed by atoms with Crippen LogP contribution in [0.5, 0.6) is 0 Å². The van der Waals surface area contributed by atoms with Gasteiger partial charge in [0, 0.05) is 6.42 Å². The van der Waals surface area contributed by atoms with Gasteiger partial charge in [-0.3, -0.25) is 9.69 Å². The van der Waals surface area contributed by atoms with Gasteiger partial charge < -0.3 is 10.5 Å². The lowest BCUT2D eigenvalue weighted by molar-refractivity contribution is -0.123. The molecule has 0 spiro atoms. The second-order valence-electron chi connectivity index (χ2n) is 4.47. The average Bonchev–Trinajstić information content (AvgIpc) is 2.30. The van der Waals surface area contributed by atoms with Crippen molar-refractivity contribution in [2.45, 2.75) is 51.0 Å². The molecule has 1 rings (SSSR count). The molecule has 1 fully saturated rings. The van der Waals surface area contributed by atoms with E-state index in [-0.39, 0.29) is 11.9 Å². The number of amides is 1. The van der Waals surface area contributed by atoms with Gasteiger partial charge >= 0.3 is 0 Å². The van der Waals surface area contributed by atoms with Crippen molar-refractivity contribution in [3.63, 3.8) is 0 Å². The van der Waals surface area contributed by atoms with E-state index in [1.54, 1.807) is 0 Å². The molecule has 92 valence electrons. The lowest BCUT2D eigenvalue weighted by Crippen LogP contribution is -2.47. The molecular formula is C12H22N2O2. The fourth-order valence-electron chi connectivity index (χ4n) is 2.30. The molecule has 4 heteroatoms. The first-order valence-corrected chi connectivity index (χ1v) is 6.22. The summed E-state index contributed by atoms with van der Waals surface area (Å²) in [6, 6.07) is -0.119. The summed E-state index contributed by atoms with van der Waals surface area (Å²) in [5.74, 6) is -0.215. The van der Waals surface area contributed by atoms with Gasteiger partial charge in [-0.25, -0.2) is 0 Å². The van der Waals surface area contributed by atoms with Crippen molar-refractivity contribution in [1.29, 1.82) is 0 Å². The predicted molar refractivity (Wildman–Crippen MR) is 62.9 cm³/mol. The predicted octanol–water partition coefficient (Wildman–Crippen LogP) is 1.09. The number of piperidine rings is 1. The van der Waals surface area contributed by atoms with Gasteiger partial charge in [-0.15, -0.1) is 0 Å². The van der Waals surface area contributed by atoms with E-state index < -0.39 is 0 Å². The van der Waals surface area contributed by atoms with Crippen molar-refractivity contribution in [2.24, 2.45) is 5.73 Å². The van der Waals surface area contributed by atoms with E-state index in [0.717, 1.165) is 51.5 Å². The second kappa shape index (κ2) is 7.39. The third-order valence-corrected chi connectivity index (χ3v) is 3.21. The first-order chi connectivity index (χ1) is 7.75. The minimum atomic E-state index is -0.215. The Kier molecular flexibility index (Phi) is 6.08. The highest BCUT2D eigenvalue weighted by atomic mass is 16.1. The van der Waals surface area contributed by atoms with Gasteiger partial charge in [-0.1, -0.05) is 12.8 Å². The maximum absolute atomic E-state index is 11.4. The zero-order valence-electron chi connectivity index (χ0n) is 9.86. The molecule has 1 heterocycles. The minimum Gasteiger partial charge on any atom is -0.368 e. The monoisotopic (exact) mass is 226 g/mol. The average molecular weight is 226 g/mol. The Hall–Kier alpha value is -0.900. The summed E-state index contributed by atoms with van der Waals surface area (Å²) >= 11 is 0. The number of hydrogen-bond donors (Lipinski definition) is 1. The van der Waals surface area contributed by atoms with E-state index in [0.29, 0.717) is 6.42 Å². The van der Waals surface area contributed by atoms with Crippen LogP contribution >= 0.6 is 0 Å². The molecule has 0 aromatic rings. The molecule has 16 heavy (non-hydrogen) atoms. The Labute approximate surface area is 97.2 Å². The van der Waals surface area contributed by atoms with Crippen LogP contribution < -0.4 is 5.73 Å². The van der Waals surface area contributed by atoms with Crippen LogP contribution in [0.1, 0.15) is 44.9 Å². The van der Waals surface area contributed by atoms with Crippen molar-refractivity contribution in [3.8, 4) is 0 Å². The molecule has 1 atom stereocenters.